The number of para-hydroxylation sites is 1. The average molecular weight is 524 g/mol. The number of hydrogen-bond acceptors (Lipinski definition) is 6. The fourth-order valence-corrected chi connectivity index (χ4v) is 6.76. The molecule has 3 aromatic carbocycles. The highest BCUT2D eigenvalue weighted by molar-refractivity contribution is 7.92. The van der Waals surface area contributed by atoms with Crippen LogP contribution in [0.25, 0.3) is 0 Å². The van der Waals surface area contributed by atoms with Gasteiger partial charge in [-0.05, 0) is 61.4 Å². The summed E-state index contributed by atoms with van der Waals surface area (Å²) in [5, 5.41) is 11.2. The van der Waals surface area contributed by atoms with Crippen molar-refractivity contribution < 1.29 is 32.2 Å². The molecule has 4 atom stereocenters. The molecular weight excluding hydrogens is 497 g/mol. The first-order valence-electron chi connectivity index (χ1n) is 11.9. The first-order valence-corrected chi connectivity index (χ1v) is 13.4. The van der Waals surface area contributed by atoms with Gasteiger partial charge in [0.25, 0.3) is 10.0 Å². The number of halogens is 1. The van der Waals surface area contributed by atoms with Gasteiger partial charge in [0.2, 0.25) is 12.0 Å². The lowest BCUT2D eigenvalue weighted by Gasteiger charge is -2.48. The van der Waals surface area contributed by atoms with E-state index in [0.717, 1.165) is 5.56 Å². The van der Waals surface area contributed by atoms with Gasteiger partial charge in [-0.25, -0.2) is 17.6 Å². The normalized spacial score (nSPS) is 22.8. The quantitative estimate of drug-likeness (QED) is 0.492. The molecule has 7 nitrogen and oxygen atoms in total. The second-order valence-corrected chi connectivity index (χ2v) is 10.8. The lowest BCUT2D eigenvalue weighted by Crippen LogP contribution is -2.50. The van der Waals surface area contributed by atoms with Crippen LogP contribution in [-0.4, -0.2) is 32.4 Å². The molecule has 0 fully saturated rings. The van der Waals surface area contributed by atoms with E-state index in [9.17, 15) is 22.7 Å². The van der Waals surface area contributed by atoms with Gasteiger partial charge in [-0.1, -0.05) is 48.0 Å². The van der Waals surface area contributed by atoms with Crippen LogP contribution >= 0.6 is 0 Å². The number of nitrogens with zero attached hydrogens (tertiary/aromatic N) is 1. The Morgan fingerprint density at radius 2 is 1.73 bits per heavy atom. The summed E-state index contributed by atoms with van der Waals surface area (Å²) in [5.41, 5.74) is 2.37. The summed E-state index contributed by atoms with van der Waals surface area (Å²) >= 11 is 0. The highest BCUT2D eigenvalue weighted by Crippen LogP contribution is 2.54. The van der Waals surface area contributed by atoms with E-state index in [0.29, 0.717) is 16.8 Å². The molecule has 0 unspecified atom stereocenters. The fourth-order valence-electron chi connectivity index (χ4n) is 5.06. The number of sulfonamides is 1. The minimum absolute atomic E-state index is 0.0763. The van der Waals surface area contributed by atoms with Crippen LogP contribution in [0, 0.1) is 18.7 Å². The van der Waals surface area contributed by atoms with E-state index in [1.807, 2.05) is 6.92 Å². The van der Waals surface area contributed by atoms with E-state index in [4.69, 9.17) is 9.47 Å². The van der Waals surface area contributed by atoms with Gasteiger partial charge in [0, 0.05) is 5.92 Å². The van der Waals surface area contributed by atoms with Gasteiger partial charge in [0.05, 0.1) is 29.1 Å². The molecule has 0 aromatic heterocycles. The molecule has 2 aliphatic rings. The predicted molar refractivity (Wildman–Crippen MR) is 134 cm³/mol. The van der Waals surface area contributed by atoms with E-state index in [-0.39, 0.29) is 17.3 Å². The molecule has 9 heteroatoms. The molecule has 5 rings (SSSR count). The molecule has 0 spiro atoms. The SMILES string of the molecule is CCOC(=O)C1=C[C@@H]2c3ccccc3N(S(=O)(=O)c3ccc(C)cc3)[C@H](c3ccc(F)cc3)[C@H]2[C@@H](O)O1. The third kappa shape index (κ3) is 4.38. The summed E-state index contributed by atoms with van der Waals surface area (Å²) in [5.74, 6) is -2.77. The second-order valence-electron chi connectivity index (χ2n) is 9.03. The Balaban J connectivity index is 1.76. The molecule has 0 saturated heterocycles. The van der Waals surface area contributed by atoms with Crippen molar-refractivity contribution >= 4 is 21.7 Å². The largest absolute Gasteiger partial charge is 0.460 e. The Morgan fingerprint density at radius 1 is 1.05 bits per heavy atom. The Hall–Kier alpha value is -3.69. The summed E-state index contributed by atoms with van der Waals surface area (Å²) in [6, 6.07) is 18.0. The summed E-state index contributed by atoms with van der Waals surface area (Å²) in [4.78, 5) is 12.6. The predicted octanol–water partition coefficient (Wildman–Crippen LogP) is 4.58. The Kier molecular flexibility index (Phi) is 6.51. The number of anilines is 1. The second kappa shape index (κ2) is 9.64. The third-order valence-corrected chi connectivity index (χ3v) is 8.55. The number of aliphatic hydroxyl groups excluding tert-OH is 1. The van der Waals surface area contributed by atoms with E-state index in [1.165, 1.54) is 40.7 Å². The number of fused-ring (bicyclic) bond motifs is 3. The topological polar surface area (TPSA) is 93.1 Å². The highest BCUT2D eigenvalue weighted by atomic mass is 32.2. The number of aliphatic hydroxyl groups is 1. The lowest BCUT2D eigenvalue weighted by atomic mass is 9.73. The van der Waals surface area contributed by atoms with E-state index in [2.05, 4.69) is 0 Å². The van der Waals surface area contributed by atoms with Gasteiger partial charge in [-0.15, -0.1) is 0 Å². The van der Waals surface area contributed by atoms with Crippen LogP contribution in [0.1, 0.15) is 35.6 Å². The molecule has 192 valence electrons. The minimum Gasteiger partial charge on any atom is -0.460 e. The Labute approximate surface area is 214 Å². The first-order chi connectivity index (χ1) is 17.7. The van der Waals surface area contributed by atoms with Crippen LogP contribution in [-0.2, 0) is 24.3 Å². The zero-order valence-corrected chi connectivity index (χ0v) is 21.1. The number of aryl methyl sites for hydroxylation is 1. The van der Waals surface area contributed by atoms with Crippen LogP contribution in [0.4, 0.5) is 10.1 Å². The van der Waals surface area contributed by atoms with E-state index >= 15 is 0 Å². The number of rotatable bonds is 5. The van der Waals surface area contributed by atoms with Crippen molar-refractivity contribution in [2.24, 2.45) is 5.92 Å². The van der Waals surface area contributed by atoms with Crippen LogP contribution in [0.5, 0.6) is 0 Å². The van der Waals surface area contributed by atoms with Crippen molar-refractivity contribution in [3.05, 3.63) is 107 Å². The molecule has 0 saturated carbocycles. The summed E-state index contributed by atoms with van der Waals surface area (Å²) in [7, 11) is -4.15. The highest BCUT2D eigenvalue weighted by Gasteiger charge is 2.52. The zero-order valence-electron chi connectivity index (χ0n) is 20.2. The van der Waals surface area contributed by atoms with Crippen molar-refractivity contribution in [2.45, 2.75) is 37.0 Å². The Morgan fingerprint density at radius 3 is 2.41 bits per heavy atom. The number of allylic oxidation sites excluding steroid dienone is 1. The molecule has 0 radical (unpaired) electrons. The molecule has 2 aliphatic heterocycles. The van der Waals surface area contributed by atoms with Crippen LogP contribution in [0.15, 0.2) is 89.5 Å². The first kappa shape index (κ1) is 25.0. The van der Waals surface area contributed by atoms with Crippen LogP contribution < -0.4 is 4.31 Å². The summed E-state index contributed by atoms with van der Waals surface area (Å²) in [6.07, 6.45) is 0.0224. The van der Waals surface area contributed by atoms with Crippen LogP contribution in [0.3, 0.4) is 0 Å². The number of hydrogen-bond donors (Lipinski definition) is 1. The van der Waals surface area contributed by atoms with Gasteiger partial charge in [-0.3, -0.25) is 4.31 Å². The molecule has 3 aromatic rings. The molecule has 37 heavy (non-hydrogen) atoms. The smallest absolute Gasteiger partial charge is 0.373 e. The van der Waals surface area contributed by atoms with Crippen molar-refractivity contribution in [2.75, 3.05) is 10.9 Å². The van der Waals surface area contributed by atoms with Crippen molar-refractivity contribution in [3.63, 3.8) is 0 Å². The maximum atomic E-state index is 14.2. The molecule has 0 aliphatic carbocycles. The summed E-state index contributed by atoms with van der Waals surface area (Å²) < 4.78 is 54.2. The number of carbonyl (C=O) groups is 1. The van der Waals surface area contributed by atoms with Gasteiger partial charge < -0.3 is 14.6 Å². The molecule has 1 N–H and O–H groups in total. The zero-order chi connectivity index (χ0) is 26.3. The number of benzene rings is 3. The van der Waals surface area contributed by atoms with Gasteiger partial charge in [0.1, 0.15) is 5.82 Å². The number of carbonyl (C=O) groups excluding carboxylic acids is 1. The van der Waals surface area contributed by atoms with E-state index < -0.39 is 46.0 Å². The molecule has 2 heterocycles. The molecule has 0 amide bonds. The van der Waals surface area contributed by atoms with Crippen molar-refractivity contribution in [3.8, 4) is 0 Å². The lowest BCUT2D eigenvalue weighted by molar-refractivity contribution is -0.161. The standard InChI is InChI=1S/C28H26FNO6S/c1-3-35-27(31)24-16-22-21-6-4-5-7-23(21)30(37(33,34)20-14-8-17(2)9-15-20)26(25(22)28(32)36-24)18-10-12-19(29)13-11-18/h4-16,22,25-26,28,32H,3H2,1-2H3/t22-,25+,26-,28+/m1/s1. The summed E-state index contributed by atoms with van der Waals surface area (Å²) in [6.45, 7) is 3.65. The minimum atomic E-state index is -4.15. The van der Waals surface area contributed by atoms with Gasteiger partial charge in [0.15, 0.2) is 0 Å². The molecular formula is C28H26FNO6S. The number of esters is 1. The van der Waals surface area contributed by atoms with Crippen molar-refractivity contribution in [1.82, 2.24) is 0 Å². The monoisotopic (exact) mass is 523 g/mol. The van der Waals surface area contributed by atoms with Crippen LogP contribution in [0.2, 0.25) is 0 Å². The third-order valence-electron chi connectivity index (χ3n) is 6.74. The Bertz CT molecular complexity index is 1450. The maximum absolute atomic E-state index is 14.2. The van der Waals surface area contributed by atoms with E-state index in [1.54, 1.807) is 49.4 Å². The van der Waals surface area contributed by atoms with Gasteiger partial charge in [-0.2, -0.15) is 0 Å². The van der Waals surface area contributed by atoms with Crippen molar-refractivity contribution in [1.29, 1.82) is 0 Å². The fraction of sp³-hybridized carbons (Fsp3) is 0.250. The average Bonchev–Trinajstić information content (AvgIpc) is 2.88. The molecule has 0 bridgehead atoms. The van der Waals surface area contributed by atoms with Gasteiger partial charge >= 0.3 is 5.97 Å². The number of ether oxygens (including phenoxy) is 2. The maximum Gasteiger partial charge on any atom is 0.373 e.